The molecule has 10 aliphatic rings. The number of benzene rings is 3. The normalized spacial score (nSPS) is 23.1. The number of nitrogens with zero attached hydrogens (tertiary/aromatic N) is 10. The van der Waals surface area contributed by atoms with Gasteiger partial charge in [-0.25, -0.2) is 51.5 Å². The molecule has 11 heterocycles. The number of amides is 4. The molecule has 3 saturated carbocycles. The number of carboxylic acids is 1. The van der Waals surface area contributed by atoms with Gasteiger partial charge >= 0.3 is 65.5 Å². The fraction of sp³-hybridized carbons (Fsp3) is 0.483. The number of cyclic esters (lactones) is 3. The molecule has 3 aliphatic carbocycles. The van der Waals surface area contributed by atoms with E-state index in [0.29, 0.717) is 68.1 Å². The van der Waals surface area contributed by atoms with Crippen molar-refractivity contribution in [1.82, 2.24) is 43.5 Å². The Morgan fingerprint density at radius 3 is 1.25 bits per heavy atom. The van der Waals surface area contributed by atoms with E-state index in [4.69, 9.17) is 121 Å². The van der Waals surface area contributed by atoms with Gasteiger partial charge < -0.3 is 91.9 Å². The number of aliphatic carboxylic acids is 1. The Hall–Kier alpha value is -11.2. The number of unbranched alkanes of at least 4 members (excludes halogenated alkanes) is 2. The van der Waals surface area contributed by atoms with Crippen LogP contribution in [0, 0.1) is 70.7 Å². The summed E-state index contributed by atoms with van der Waals surface area (Å²) in [7, 11) is 0. The number of carbonyl (C=O) groups is 5. The van der Waals surface area contributed by atoms with Crippen molar-refractivity contribution in [2.75, 3.05) is 127 Å². The quantitative estimate of drug-likeness (QED) is 0.0123. The number of ether oxygens (including phenoxy) is 9. The molecule has 7 aliphatic heterocycles. The fourth-order valence-corrected chi connectivity index (χ4v) is 18.2. The molecule has 7 fully saturated rings. The van der Waals surface area contributed by atoms with Crippen molar-refractivity contribution < 1.29 is 139 Å². The van der Waals surface area contributed by atoms with Crippen LogP contribution in [0.2, 0.25) is 15.1 Å². The highest BCUT2D eigenvalue weighted by molar-refractivity contribution is 8.00. The Kier molecular flexibility index (Phi) is 39.7. The van der Waals surface area contributed by atoms with Gasteiger partial charge in [0.2, 0.25) is 5.91 Å². The zero-order chi connectivity index (χ0) is 106. The molecule has 11 atom stereocenters. The van der Waals surface area contributed by atoms with Crippen molar-refractivity contribution in [2.45, 2.75) is 154 Å². The predicted molar refractivity (Wildman–Crippen MR) is 507 cm³/mol. The van der Waals surface area contributed by atoms with E-state index in [0.717, 1.165) is 75.0 Å². The van der Waals surface area contributed by atoms with Crippen LogP contribution < -0.4 is 71.9 Å². The third-order valence-corrected chi connectivity index (χ3v) is 26.5. The van der Waals surface area contributed by atoms with Gasteiger partial charge in [-0.05, 0) is 149 Å². The third-order valence-electron chi connectivity index (χ3n) is 21.4. The van der Waals surface area contributed by atoms with Crippen molar-refractivity contribution in [2.24, 2.45) is 23.5 Å². The number of halogens is 16. The molecule has 15 N–H and O–H groups in total. The maximum absolute atomic E-state index is 14.4. The number of hydrogen-bond acceptors (Lipinski definition) is 33. The van der Waals surface area contributed by atoms with E-state index in [9.17, 15) is 95.8 Å². The molecule has 788 valence electrons. The molecule has 3 aromatic carbocycles. The second-order valence-corrected chi connectivity index (χ2v) is 38.1. The lowest BCUT2D eigenvalue weighted by atomic mass is 9.89. The van der Waals surface area contributed by atoms with Gasteiger partial charge in [0, 0.05) is 98.4 Å². The highest BCUT2D eigenvalue weighted by atomic mass is 35.5. The summed E-state index contributed by atoms with van der Waals surface area (Å²) in [6.07, 6.45) is -9.94. The molecule has 4 aromatic heterocycles. The number of aromatic nitrogens is 8. The number of anilines is 7. The molecule has 145 heavy (non-hydrogen) atoms. The van der Waals surface area contributed by atoms with Crippen LogP contribution in [0.1, 0.15) is 113 Å². The van der Waals surface area contributed by atoms with Gasteiger partial charge in [-0.1, -0.05) is 60.0 Å². The summed E-state index contributed by atoms with van der Waals surface area (Å²) in [5.74, 6) is 10.7. The first-order chi connectivity index (χ1) is 68.8. The molecular formula is C87H93Cl3F13N17O21S4. The van der Waals surface area contributed by atoms with Gasteiger partial charge in [0.25, 0.3) is 18.3 Å². The number of nitrogen functional groups attached to an aromatic ring is 4. The summed E-state index contributed by atoms with van der Waals surface area (Å²) in [4.78, 5) is 122. The van der Waals surface area contributed by atoms with Gasteiger partial charge in [-0.2, -0.15) is 59.4 Å². The molecule has 0 spiro atoms. The average Bonchev–Trinajstić information content (AvgIpc) is 1.23. The minimum absolute atomic E-state index is 0. The van der Waals surface area contributed by atoms with Crippen LogP contribution in [0.5, 0.6) is 0 Å². The zero-order valence-corrected chi connectivity index (χ0v) is 80.2. The number of carbonyl (C=O) groups excluding carboxylic acids is 4. The van der Waals surface area contributed by atoms with Crippen molar-refractivity contribution >= 4 is 152 Å². The van der Waals surface area contributed by atoms with E-state index in [1.54, 1.807) is 12.3 Å². The fourth-order valence-electron chi connectivity index (χ4n) is 13.8. The number of hydrogen-bond donors (Lipinski definition) is 10. The third kappa shape index (κ3) is 29.7. The van der Waals surface area contributed by atoms with E-state index >= 15 is 0 Å². The Bertz CT molecular complexity index is 6300. The molecule has 58 heteroatoms. The monoisotopic (exact) mass is 2190 g/mol. The number of aliphatic hydroxyl groups is 2. The predicted octanol–water partition coefficient (Wildman–Crippen LogP) is 11.6. The SMILES string of the molecule is C.NCCCCN1C(=O)OC(C#CC2CC2)(C(F)(F)F)c2cc(Cl)ccc21.Nc1ccn([C@H]2CS[C@@H](CO)O2)c(=O)n1.Nc1nc(=O)n([C@H]2CS[C@@H](CO)O2)cc1F.Nc1nc(=O)n([C@H]2CS[C@@H](COCC(=O)NCCCCN3C(=O)OC(C#CC4CC4)(C(F)(F)F)c4cc(Cl)ccc43)O2)cc1F.Nc1nc(=O)n([C@H]2CS[C@@H](COCC(=O)O)O2)cc1F.O=C1Nc2ccc(Cl)cc2C(C#CC2CC2)(C(F)(F)F)O1.[3H]F. The first kappa shape index (κ1) is 114. The van der Waals surface area contributed by atoms with Crippen molar-refractivity contribution in [1.29, 1.82) is 1.45 Å². The average molecular weight is 2200 g/mol. The second-order valence-electron chi connectivity index (χ2n) is 32.0. The standard InChI is InChI=1S/C28H28ClF4N5O6S.C18H18ClF3N2O2.C14H9ClF3NO2.C10H12FN3O5S.C8H10FN3O3S.C8H11N3O3S.CH4.FH/c29-17-5-6-20-18(11-17)27(28(31,32)33,8-7-16-3-4-16)44-26(41)37(20)10-2-1-9-35-21(39)13-42-14-23-43-22(15-45-23)38-12-19(30)24(34)36-25(38)40;19-13-5-6-15-14(11-13)17(18(20,21)22,8-7-12-3-4-12)26-16(25)24(15)10-2-1-9-23;15-9-3-4-11-10(7-9)13(14(16,17)18,21-12(20)19-11)6-5-8-1-2-8;11-5-1-14(10(17)13-9(5)12)6-4-20-8(19-6)3-18-2-7(15)16;9-4-1-12(8(14)11-7(4)10)5-3-16-6(2-13)15-5;9-5-1-2-11(8(13)10-5)6-4-15-7(3-12)14-6;;/h5-6,11-12,16,22-23H,1-4,9-10,13-15H2,(H,35,39)(H2,34,36,40);5-6,11-12H,1-4,9-10,23H2;3-4,7-8H,1-2H2,(H,19,20);1,6,8H,2-4H2,(H,15,16)(H2,12,13,17);1,5-6,13H,2-3H2,(H2,10,11,14);1-2,6-7,12H,3-4H2,(H2,9,10,13);1H4;1H/t22-,23+,27?;;;6-,8+;5-,6+;6-,7+;;/m1..111../s1/i/hT. The summed E-state index contributed by atoms with van der Waals surface area (Å²) >= 11 is 23.2. The molecule has 4 saturated heterocycles. The Labute approximate surface area is 848 Å². The summed E-state index contributed by atoms with van der Waals surface area (Å²) < 4.78 is 230. The van der Waals surface area contributed by atoms with Gasteiger partial charge in [0.1, 0.15) is 65.7 Å². The van der Waals surface area contributed by atoms with Crippen LogP contribution in [-0.4, -0.2) is 214 Å². The summed E-state index contributed by atoms with van der Waals surface area (Å²) in [6.45, 7) is 0.0426. The number of nitrogens with one attached hydrogen (secondary N) is 2. The van der Waals surface area contributed by atoms with Crippen LogP contribution in [0.25, 0.3) is 0 Å². The Morgan fingerprint density at radius 2 is 0.876 bits per heavy atom. The van der Waals surface area contributed by atoms with Gasteiger partial charge in [0.05, 0.1) is 62.1 Å². The van der Waals surface area contributed by atoms with Gasteiger partial charge in [-0.15, -0.1) is 47.0 Å². The molecule has 3 unspecified atom stereocenters. The van der Waals surface area contributed by atoms with Crippen LogP contribution in [0.15, 0.2) is 105 Å². The topological polar surface area (TPSA) is 529 Å². The molecular weight excluding hydrogens is 2100 g/mol. The van der Waals surface area contributed by atoms with Crippen LogP contribution in [0.3, 0.4) is 0 Å². The zero-order valence-electron chi connectivity index (χ0n) is 75.6. The van der Waals surface area contributed by atoms with E-state index in [2.05, 4.69) is 72.3 Å². The number of nitrogens with two attached hydrogens (primary N) is 5. The van der Waals surface area contributed by atoms with Crippen LogP contribution in [-0.2, 0) is 69.0 Å². The van der Waals surface area contributed by atoms with E-state index in [1.165, 1.54) is 99.0 Å². The lowest BCUT2D eigenvalue weighted by Crippen LogP contribution is -2.53. The minimum atomic E-state index is -5.00. The molecule has 0 bridgehead atoms. The van der Waals surface area contributed by atoms with Crippen molar-refractivity contribution in [3.8, 4) is 35.5 Å². The van der Waals surface area contributed by atoms with E-state index in [-0.39, 0.29) is 144 Å². The Morgan fingerprint density at radius 1 is 0.517 bits per heavy atom. The molecule has 0 radical (unpaired) electrons. The van der Waals surface area contributed by atoms with Crippen LogP contribution >= 0.6 is 81.9 Å². The first-order valence-electron chi connectivity index (χ1n) is 43.5. The number of aliphatic hydroxyl groups excluding tert-OH is 2. The number of thioether (sulfide) groups is 4. The van der Waals surface area contributed by atoms with Crippen molar-refractivity contribution in [3.05, 3.63) is 177 Å². The van der Waals surface area contributed by atoms with Gasteiger partial charge in [0.15, 0.2) is 34.9 Å². The Balaban J connectivity index is 0.000000187. The first-order valence-corrected chi connectivity index (χ1v) is 48.4. The van der Waals surface area contributed by atoms with Gasteiger partial charge in [-0.3, -0.25) is 42.9 Å². The summed E-state index contributed by atoms with van der Waals surface area (Å²) in [6, 6.07) is 13.2. The van der Waals surface area contributed by atoms with Crippen molar-refractivity contribution in [3.63, 3.8) is 0 Å². The molecule has 4 amide bonds. The number of carboxylic acid groups (broad SMARTS) is 1. The minimum Gasteiger partial charge on any atom is -0.480 e. The highest BCUT2D eigenvalue weighted by Gasteiger charge is 2.66. The summed E-state index contributed by atoms with van der Waals surface area (Å²) in [5, 5.41) is 31.3. The lowest BCUT2D eigenvalue weighted by Gasteiger charge is -2.40. The maximum atomic E-state index is 14.4. The second kappa shape index (κ2) is 50.5. The van der Waals surface area contributed by atoms with E-state index < -0.39 is 165 Å². The number of fused-ring (bicyclic) bond motifs is 3. The lowest BCUT2D eigenvalue weighted by molar-refractivity contribution is -0.240. The maximum Gasteiger partial charge on any atom is 0.445 e. The summed E-state index contributed by atoms with van der Waals surface area (Å²) in [5.41, 5.74) is 12.4. The number of alkyl halides is 9. The highest BCUT2D eigenvalue weighted by Crippen LogP contribution is 2.54. The van der Waals surface area contributed by atoms with Crippen LogP contribution in [0.4, 0.5) is 112 Å². The largest absolute Gasteiger partial charge is 0.480 e. The molecule has 7 aromatic rings. The number of rotatable bonds is 23. The van der Waals surface area contributed by atoms with E-state index in [1.807, 2.05) is 0 Å². The molecule has 38 nitrogen and oxygen atoms in total. The smallest absolute Gasteiger partial charge is 0.445 e. The molecule has 17 rings (SSSR count).